The van der Waals surface area contributed by atoms with Gasteiger partial charge < -0.3 is 15.3 Å². The maximum Gasteiger partial charge on any atom is 0.490 e. The molecule has 2 aromatic heterocycles. The highest BCUT2D eigenvalue weighted by molar-refractivity contribution is 5.96. The fourth-order valence-electron chi connectivity index (χ4n) is 3.76. The van der Waals surface area contributed by atoms with Gasteiger partial charge in [-0.15, -0.1) is 5.92 Å². The molecule has 3 heterocycles. The number of carboxylic acid groups (broad SMARTS) is 1. The second-order valence-electron chi connectivity index (χ2n) is 8.16. The number of nitrogens with zero attached hydrogens (tertiary/aromatic N) is 5. The van der Waals surface area contributed by atoms with Crippen LogP contribution < -0.4 is 21.5 Å². The number of hydrogen-bond donors (Lipinski definition) is 2. The van der Waals surface area contributed by atoms with Crippen molar-refractivity contribution in [2.45, 2.75) is 26.2 Å². The van der Waals surface area contributed by atoms with Crippen LogP contribution in [0.5, 0.6) is 0 Å². The van der Waals surface area contributed by atoms with Crippen LogP contribution in [0.2, 0.25) is 0 Å². The van der Waals surface area contributed by atoms with Crippen LogP contribution in [0.4, 0.5) is 19.1 Å². The van der Waals surface area contributed by atoms with E-state index in [9.17, 15) is 27.6 Å². The van der Waals surface area contributed by atoms with Gasteiger partial charge in [-0.3, -0.25) is 23.3 Å². The highest BCUT2D eigenvalue weighted by Crippen LogP contribution is 2.20. The number of fused-ring (bicyclic) bond motifs is 1. The van der Waals surface area contributed by atoms with Crippen molar-refractivity contribution < 1.29 is 27.9 Å². The molecular weight excluding hydrogens is 509 g/mol. The molecule has 0 unspecified atom stereocenters. The lowest BCUT2D eigenvalue weighted by atomic mass is 10.1. The Kier molecular flexibility index (Phi) is 8.74. The van der Waals surface area contributed by atoms with E-state index >= 15 is 0 Å². The summed E-state index contributed by atoms with van der Waals surface area (Å²) in [6, 6.07) is 8.77. The third-order valence-electron chi connectivity index (χ3n) is 5.66. The van der Waals surface area contributed by atoms with Crippen LogP contribution in [0.1, 0.15) is 17.3 Å². The van der Waals surface area contributed by atoms with Crippen molar-refractivity contribution in [2.75, 3.05) is 31.1 Å². The number of halogens is 3. The van der Waals surface area contributed by atoms with Gasteiger partial charge in [-0.25, -0.2) is 9.59 Å². The highest BCUT2D eigenvalue weighted by Gasteiger charge is 2.38. The van der Waals surface area contributed by atoms with Crippen molar-refractivity contribution in [3.63, 3.8) is 0 Å². The fourth-order valence-corrected chi connectivity index (χ4v) is 3.76. The molecule has 1 aliphatic rings. The van der Waals surface area contributed by atoms with E-state index in [2.05, 4.69) is 27.0 Å². The summed E-state index contributed by atoms with van der Waals surface area (Å²) in [6.07, 6.45) is -5.08. The smallest absolute Gasteiger partial charge is 0.475 e. The molecule has 3 aromatic rings. The Morgan fingerprint density at radius 2 is 1.71 bits per heavy atom. The number of carboxylic acids is 1. The van der Waals surface area contributed by atoms with Crippen LogP contribution in [0.15, 0.2) is 39.9 Å². The van der Waals surface area contributed by atoms with Crippen molar-refractivity contribution >= 4 is 28.9 Å². The van der Waals surface area contributed by atoms with E-state index in [0.29, 0.717) is 11.5 Å². The Bertz CT molecular complexity index is 1510. The number of rotatable bonds is 5. The van der Waals surface area contributed by atoms with Gasteiger partial charge in [0.05, 0.1) is 13.1 Å². The van der Waals surface area contributed by atoms with Crippen LogP contribution in [-0.4, -0.2) is 67.9 Å². The van der Waals surface area contributed by atoms with Crippen LogP contribution in [-0.2, 0) is 24.9 Å². The molecule has 1 aliphatic heterocycles. The zero-order valence-electron chi connectivity index (χ0n) is 20.6. The number of ketones is 1. The molecule has 11 nitrogen and oxygen atoms in total. The van der Waals surface area contributed by atoms with Gasteiger partial charge >= 0.3 is 17.8 Å². The van der Waals surface area contributed by atoms with Crippen molar-refractivity contribution in [1.82, 2.24) is 24.0 Å². The summed E-state index contributed by atoms with van der Waals surface area (Å²) in [5.41, 5.74) is -0.0341. The first-order chi connectivity index (χ1) is 18.0. The van der Waals surface area contributed by atoms with E-state index in [1.165, 1.54) is 11.6 Å². The van der Waals surface area contributed by atoms with Crippen LogP contribution >= 0.6 is 0 Å². The third kappa shape index (κ3) is 6.12. The standard InChI is InChI=1S/C22H24N6O3.C2HF3O2/c1-3-4-12-27-18-19(24-21(27)26-13-10-23-11-14-26)28(22(31)25(2)20(18)30)15-17(29)16-8-6-5-7-9-16;3-2(4,5)1(6)7/h5-9,23H,10-15H2,1-2H3;(H,6,7). The van der Waals surface area contributed by atoms with Crippen molar-refractivity contribution in [3.8, 4) is 11.8 Å². The molecule has 0 amide bonds. The minimum Gasteiger partial charge on any atom is -0.475 e. The molecule has 38 heavy (non-hydrogen) atoms. The number of carbonyl (C=O) groups excluding carboxylic acids is 1. The SMILES string of the molecule is CC#CCn1c(N2CCNCC2)nc2c1c(=O)n(C)c(=O)n2CC(=O)c1ccccc1.O=C(O)C(F)(F)F. The third-order valence-corrected chi connectivity index (χ3v) is 5.66. The van der Waals surface area contributed by atoms with Crippen LogP contribution in [0, 0.1) is 11.8 Å². The lowest BCUT2D eigenvalue weighted by Gasteiger charge is -2.28. The van der Waals surface area contributed by atoms with Gasteiger partial charge in [-0.1, -0.05) is 36.3 Å². The van der Waals surface area contributed by atoms with Gasteiger partial charge in [-0.05, 0) is 6.92 Å². The maximum atomic E-state index is 13.1. The maximum absolute atomic E-state index is 13.1. The number of anilines is 1. The van der Waals surface area contributed by atoms with Crippen molar-refractivity contribution in [2.24, 2.45) is 7.05 Å². The molecule has 0 atom stereocenters. The molecule has 0 aliphatic carbocycles. The van der Waals surface area contributed by atoms with Crippen molar-refractivity contribution in [1.29, 1.82) is 0 Å². The van der Waals surface area contributed by atoms with Gasteiger partial charge in [0.1, 0.15) is 0 Å². The Hall–Kier alpha value is -4.38. The van der Waals surface area contributed by atoms with Gasteiger partial charge in [0.2, 0.25) is 5.95 Å². The first-order valence-corrected chi connectivity index (χ1v) is 11.4. The lowest BCUT2D eigenvalue weighted by Crippen LogP contribution is -2.44. The average Bonchev–Trinajstić information content (AvgIpc) is 3.28. The van der Waals surface area contributed by atoms with E-state index in [4.69, 9.17) is 9.90 Å². The Labute approximate surface area is 214 Å². The number of aliphatic carboxylic acids is 1. The molecule has 1 saturated heterocycles. The van der Waals surface area contributed by atoms with Crippen molar-refractivity contribution in [3.05, 3.63) is 56.7 Å². The molecule has 14 heteroatoms. The van der Waals surface area contributed by atoms with E-state index in [-0.39, 0.29) is 30.0 Å². The van der Waals surface area contributed by atoms with E-state index in [1.807, 2.05) is 6.07 Å². The second-order valence-corrected chi connectivity index (χ2v) is 8.16. The molecule has 0 radical (unpaired) electrons. The number of hydrogen-bond acceptors (Lipinski definition) is 7. The number of benzene rings is 1. The van der Waals surface area contributed by atoms with Crippen LogP contribution in [0.25, 0.3) is 11.2 Å². The zero-order valence-corrected chi connectivity index (χ0v) is 20.6. The first-order valence-electron chi connectivity index (χ1n) is 11.4. The molecule has 1 fully saturated rings. The molecule has 0 saturated carbocycles. The van der Waals surface area contributed by atoms with Gasteiger partial charge in [0.15, 0.2) is 16.9 Å². The zero-order chi connectivity index (χ0) is 28.0. The summed E-state index contributed by atoms with van der Waals surface area (Å²) < 4.78 is 35.8. The number of imidazole rings is 1. The topological polar surface area (TPSA) is 131 Å². The summed E-state index contributed by atoms with van der Waals surface area (Å²) in [6.45, 7) is 4.82. The minimum atomic E-state index is -5.08. The summed E-state index contributed by atoms with van der Waals surface area (Å²) >= 11 is 0. The van der Waals surface area contributed by atoms with E-state index in [1.54, 1.807) is 35.8 Å². The largest absolute Gasteiger partial charge is 0.490 e. The Morgan fingerprint density at radius 1 is 1.11 bits per heavy atom. The first kappa shape index (κ1) is 28.2. The molecule has 2 N–H and O–H groups in total. The van der Waals surface area contributed by atoms with E-state index in [0.717, 1.165) is 30.7 Å². The summed E-state index contributed by atoms with van der Waals surface area (Å²) in [5.74, 6) is 3.45. The predicted octanol–water partition coefficient (Wildman–Crippen LogP) is 0.846. The summed E-state index contributed by atoms with van der Waals surface area (Å²) in [5, 5.41) is 10.4. The predicted molar refractivity (Wildman–Crippen MR) is 132 cm³/mol. The average molecular weight is 534 g/mol. The molecule has 0 bridgehead atoms. The number of nitrogens with one attached hydrogen (secondary N) is 1. The second kappa shape index (κ2) is 11.8. The molecule has 1 aromatic carbocycles. The molecular formula is C24H25F3N6O5. The van der Waals surface area contributed by atoms with Gasteiger partial charge in [0, 0.05) is 38.8 Å². The molecule has 4 rings (SSSR count). The van der Waals surface area contributed by atoms with E-state index < -0.39 is 23.4 Å². The molecule has 0 spiro atoms. The van der Waals surface area contributed by atoms with Gasteiger partial charge in [0.25, 0.3) is 5.56 Å². The highest BCUT2D eigenvalue weighted by atomic mass is 19.4. The summed E-state index contributed by atoms with van der Waals surface area (Å²) in [7, 11) is 1.42. The Morgan fingerprint density at radius 3 is 2.26 bits per heavy atom. The van der Waals surface area contributed by atoms with Gasteiger partial charge in [-0.2, -0.15) is 18.2 Å². The number of aromatic nitrogens is 4. The van der Waals surface area contributed by atoms with Crippen LogP contribution in [0.3, 0.4) is 0 Å². The fraction of sp³-hybridized carbons (Fsp3) is 0.375. The number of alkyl halides is 3. The number of Topliss-reactive ketones (excluding diaryl/α,β-unsaturated/α-hetero) is 1. The molecule has 202 valence electrons. The number of piperazine rings is 1. The monoisotopic (exact) mass is 534 g/mol. The minimum absolute atomic E-state index is 0.203. The quantitative estimate of drug-likeness (QED) is 0.364. The summed E-state index contributed by atoms with van der Waals surface area (Å²) in [4.78, 5) is 54.5. The number of carbonyl (C=O) groups is 2. The Balaban J connectivity index is 0.000000505. The normalized spacial score (nSPS) is 13.3. The lowest BCUT2D eigenvalue weighted by molar-refractivity contribution is -0.192.